The molecule has 0 aliphatic carbocycles. The van der Waals surface area contributed by atoms with E-state index in [4.69, 9.17) is 14.2 Å². The first kappa shape index (κ1) is 20.5. The largest absolute Gasteiger partial charge is 0.481 e. The van der Waals surface area contributed by atoms with E-state index in [1.807, 2.05) is 19.1 Å². The first-order valence-corrected chi connectivity index (χ1v) is 9.64. The maximum atomic E-state index is 11.9. The van der Waals surface area contributed by atoms with Crippen molar-refractivity contribution in [2.45, 2.75) is 19.8 Å². The summed E-state index contributed by atoms with van der Waals surface area (Å²) in [7, 11) is 0. The number of hydrogen-bond donors (Lipinski definition) is 0. The van der Waals surface area contributed by atoms with Crippen molar-refractivity contribution < 1.29 is 23.8 Å². The van der Waals surface area contributed by atoms with Gasteiger partial charge in [0.25, 0.3) is 0 Å². The molecule has 0 N–H and O–H groups in total. The predicted octanol–water partition coefficient (Wildman–Crippen LogP) is 5.15. The number of unbranched alkanes of at least 4 members (excludes halogenated alkanes) is 1. The van der Waals surface area contributed by atoms with E-state index in [0.717, 1.165) is 21.8 Å². The van der Waals surface area contributed by atoms with Crippen LogP contribution in [0.15, 0.2) is 51.4 Å². The lowest BCUT2D eigenvalue weighted by atomic mass is 10.2. The Hall–Kier alpha value is -1.86. The summed E-state index contributed by atoms with van der Waals surface area (Å²) in [4.78, 5) is 23.7. The number of rotatable bonds is 8. The van der Waals surface area contributed by atoms with E-state index >= 15 is 0 Å². The van der Waals surface area contributed by atoms with Crippen molar-refractivity contribution >= 4 is 43.8 Å². The SMILES string of the molecule is CCCCOC(=O)c1ccc(OC(=O)COc2ccc(Br)cc2Br)cc1. The second kappa shape index (κ2) is 10.3. The molecule has 5 nitrogen and oxygen atoms in total. The maximum Gasteiger partial charge on any atom is 0.349 e. The highest BCUT2D eigenvalue weighted by Crippen LogP contribution is 2.28. The molecule has 0 aromatic heterocycles. The van der Waals surface area contributed by atoms with Crippen LogP contribution in [0.4, 0.5) is 0 Å². The Morgan fingerprint density at radius 2 is 1.77 bits per heavy atom. The van der Waals surface area contributed by atoms with Crippen LogP contribution in [0.5, 0.6) is 11.5 Å². The quantitative estimate of drug-likeness (QED) is 0.294. The third-order valence-corrected chi connectivity index (χ3v) is 4.41. The van der Waals surface area contributed by atoms with Crippen LogP contribution >= 0.6 is 31.9 Å². The van der Waals surface area contributed by atoms with Gasteiger partial charge in [-0.2, -0.15) is 0 Å². The van der Waals surface area contributed by atoms with Gasteiger partial charge in [-0.25, -0.2) is 9.59 Å². The fourth-order valence-electron chi connectivity index (χ4n) is 1.94. The Morgan fingerprint density at radius 1 is 1.04 bits per heavy atom. The molecule has 0 aliphatic heterocycles. The number of benzene rings is 2. The third kappa shape index (κ3) is 6.46. The molecular formula is C19H18Br2O5. The van der Waals surface area contributed by atoms with Crippen molar-refractivity contribution in [2.75, 3.05) is 13.2 Å². The molecule has 0 fully saturated rings. The van der Waals surface area contributed by atoms with E-state index in [9.17, 15) is 9.59 Å². The van der Waals surface area contributed by atoms with E-state index in [-0.39, 0.29) is 12.6 Å². The number of carbonyl (C=O) groups excluding carboxylic acids is 2. The standard InChI is InChI=1S/C19H18Br2O5/c1-2-3-10-24-19(23)13-4-7-15(8-5-13)26-18(22)12-25-17-9-6-14(20)11-16(17)21/h4-9,11H,2-3,10,12H2,1H3. The third-order valence-electron chi connectivity index (χ3n) is 3.29. The molecule has 0 spiro atoms. The Balaban J connectivity index is 1.84. The molecule has 2 rings (SSSR count). The van der Waals surface area contributed by atoms with E-state index in [1.165, 1.54) is 0 Å². The monoisotopic (exact) mass is 484 g/mol. The summed E-state index contributed by atoms with van der Waals surface area (Å²) in [5, 5.41) is 0. The topological polar surface area (TPSA) is 61.8 Å². The molecule has 26 heavy (non-hydrogen) atoms. The lowest BCUT2D eigenvalue weighted by Crippen LogP contribution is -2.18. The van der Waals surface area contributed by atoms with E-state index < -0.39 is 5.97 Å². The zero-order chi connectivity index (χ0) is 18.9. The lowest BCUT2D eigenvalue weighted by Gasteiger charge is -2.09. The lowest BCUT2D eigenvalue weighted by molar-refractivity contribution is -0.136. The minimum Gasteiger partial charge on any atom is -0.481 e. The minimum atomic E-state index is -0.543. The van der Waals surface area contributed by atoms with Crippen LogP contribution in [0.1, 0.15) is 30.1 Å². The van der Waals surface area contributed by atoms with Crippen LogP contribution < -0.4 is 9.47 Å². The van der Waals surface area contributed by atoms with E-state index in [0.29, 0.717) is 23.7 Å². The summed E-state index contributed by atoms with van der Waals surface area (Å²) in [5.74, 6) is -0.0632. The molecule has 2 aromatic carbocycles. The van der Waals surface area contributed by atoms with Crippen LogP contribution in [-0.2, 0) is 9.53 Å². The van der Waals surface area contributed by atoms with Crippen molar-refractivity contribution in [1.82, 2.24) is 0 Å². The second-order valence-electron chi connectivity index (χ2n) is 5.35. The van der Waals surface area contributed by atoms with Gasteiger partial charge in [-0.1, -0.05) is 29.3 Å². The van der Waals surface area contributed by atoms with Gasteiger partial charge < -0.3 is 14.2 Å². The molecule has 2 aromatic rings. The number of hydrogen-bond acceptors (Lipinski definition) is 5. The molecule has 0 saturated carbocycles. The smallest absolute Gasteiger partial charge is 0.349 e. The Bertz CT molecular complexity index is 759. The Morgan fingerprint density at radius 3 is 2.42 bits per heavy atom. The zero-order valence-electron chi connectivity index (χ0n) is 14.2. The van der Waals surface area contributed by atoms with Gasteiger partial charge in [-0.15, -0.1) is 0 Å². The first-order chi connectivity index (χ1) is 12.5. The van der Waals surface area contributed by atoms with Crippen molar-refractivity contribution in [2.24, 2.45) is 0 Å². The molecule has 0 radical (unpaired) electrons. The van der Waals surface area contributed by atoms with Crippen LogP contribution in [0.3, 0.4) is 0 Å². The number of esters is 2. The highest BCUT2D eigenvalue weighted by atomic mass is 79.9. The van der Waals surface area contributed by atoms with Crippen molar-refractivity contribution in [3.63, 3.8) is 0 Å². The van der Waals surface area contributed by atoms with Gasteiger partial charge in [-0.05, 0) is 64.8 Å². The average molecular weight is 486 g/mol. The number of ether oxygens (including phenoxy) is 3. The zero-order valence-corrected chi connectivity index (χ0v) is 17.3. The predicted molar refractivity (Wildman–Crippen MR) is 105 cm³/mol. The molecule has 0 saturated heterocycles. The molecule has 0 aliphatic rings. The van der Waals surface area contributed by atoms with Crippen LogP contribution in [0, 0.1) is 0 Å². The number of halogens is 2. The van der Waals surface area contributed by atoms with Gasteiger partial charge in [-0.3, -0.25) is 0 Å². The van der Waals surface area contributed by atoms with Crippen LogP contribution in [0.25, 0.3) is 0 Å². The van der Waals surface area contributed by atoms with Gasteiger partial charge in [0.2, 0.25) is 0 Å². The molecule has 0 heterocycles. The van der Waals surface area contributed by atoms with Crippen molar-refractivity contribution in [3.8, 4) is 11.5 Å². The average Bonchev–Trinajstić information content (AvgIpc) is 2.61. The second-order valence-corrected chi connectivity index (χ2v) is 7.12. The summed E-state index contributed by atoms with van der Waals surface area (Å²) < 4.78 is 17.4. The summed E-state index contributed by atoms with van der Waals surface area (Å²) in [6.07, 6.45) is 1.79. The highest BCUT2D eigenvalue weighted by Gasteiger charge is 2.10. The fraction of sp³-hybridized carbons (Fsp3) is 0.263. The summed E-state index contributed by atoms with van der Waals surface area (Å²) in [6.45, 7) is 2.19. The van der Waals surface area contributed by atoms with Crippen LogP contribution in [-0.4, -0.2) is 25.2 Å². The molecule has 7 heteroatoms. The molecule has 0 bridgehead atoms. The molecule has 0 amide bonds. The maximum absolute atomic E-state index is 11.9. The first-order valence-electron chi connectivity index (χ1n) is 8.05. The minimum absolute atomic E-state index is 0.235. The molecule has 0 unspecified atom stereocenters. The fourth-order valence-corrected chi connectivity index (χ4v) is 3.10. The molecule has 138 valence electrons. The van der Waals surface area contributed by atoms with Crippen molar-refractivity contribution in [1.29, 1.82) is 0 Å². The highest BCUT2D eigenvalue weighted by molar-refractivity contribution is 9.11. The van der Waals surface area contributed by atoms with Crippen molar-refractivity contribution in [3.05, 3.63) is 57.0 Å². The Labute approximate surface area is 168 Å². The Kier molecular flexibility index (Phi) is 8.12. The molecular weight excluding hydrogens is 468 g/mol. The van der Waals surface area contributed by atoms with Gasteiger partial charge >= 0.3 is 11.9 Å². The normalized spacial score (nSPS) is 10.3. The summed E-state index contributed by atoms with van der Waals surface area (Å²) >= 11 is 6.70. The van der Waals surface area contributed by atoms with E-state index in [1.54, 1.807) is 30.3 Å². The van der Waals surface area contributed by atoms with E-state index in [2.05, 4.69) is 31.9 Å². The van der Waals surface area contributed by atoms with Gasteiger partial charge in [0.1, 0.15) is 11.5 Å². The van der Waals surface area contributed by atoms with Gasteiger partial charge in [0.15, 0.2) is 6.61 Å². The van der Waals surface area contributed by atoms with Crippen LogP contribution in [0.2, 0.25) is 0 Å². The number of carbonyl (C=O) groups is 2. The summed E-state index contributed by atoms with van der Waals surface area (Å²) in [5.41, 5.74) is 0.413. The summed E-state index contributed by atoms with van der Waals surface area (Å²) in [6, 6.07) is 11.6. The van der Waals surface area contributed by atoms with Gasteiger partial charge in [0, 0.05) is 4.47 Å². The molecule has 0 atom stereocenters. The van der Waals surface area contributed by atoms with Gasteiger partial charge in [0.05, 0.1) is 16.6 Å².